The highest BCUT2D eigenvalue weighted by Crippen LogP contribution is 2.48. The molecule has 0 spiro atoms. The van der Waals surface area contributed by atoms with Gasteiger partial charge in [-0.25, -0.2) is 9.07 Å². The molecule has 0 saturated carbocycles. The van der Waals surface area contributed by atoms with Crippen LogP contribution in [0.5, 0.6) is 0 Å². The molecule has 39 heavy (non-hydrogen) atoms. The van der Waals surface area contributed by atoms with E-state index in [9.17, 15) is 14.0 Å². The van der Waals surface area contributed by atoms with Gasteiger partial charge >= 0.3 is 0 Å². The lowest BCUT2D eigenvalue weighted by Crippen LogP contribution is -2.44. The molecule has 2 atom stereocenters. The summed E-state index contributed by atoms with van der Waals surface area (Å²) < 4.78 is 21.2. The van der Waals surface area contributed by atoms with Gasteiger partial charge < -0.3 is 10.1 Å². The van der Waals surface area contributed by atoms with Crippen LogP contribution in [-0.4, -0.2) is 53.1 Å². The van der Waals surface area contributed by atoms with Crippen molar-refractivity contribution in [3.05, 3.63) is 76.7 Å². The van der Waals surface area contributed by atoms with Crippen molar-refractivity contribution >= 4 is 29.4 Å². The molecular formula is C30H35FN4O3S. The number of aromatic nitrogens is 2. The third kappa shape index (κ3) is 5.89. The Morgan fingerprint density at radius 2 is 1.97 bits per heavy atom. The van der Waals surface area contributed by atoms with E-state index >= 15 is 0 Å². The summed E-state index contributed by atoms with van der Waals surface area (Å²) in [6, 6.07) is 14.3. The highest BCUT2D eigenvalue weighted by Gasteiger charge is 2.40. The Kier molecular flexibility index (Phi) is 7.82. The summed E-state index contributed by atoms with van der Waals surface area (Å²) in [5, 5.41) is 7.82. The number of carbonyl (C=O) groups excluding carboxylic acids is 2. The SMILES string of the molecule is Cc1cccc([C@H]2SCC(=O)N(CC(=O)NC[C@@H]3CCCO3)c3c2c(C(C)(C)C)nn3-c2ccc(F)cc2)c1. The van der Waals surface area contributed by atoms with Crippen molar-refractivity contribution in [1.29, 1.82) is 0 Å². The van der Waals surface area contributed by atoms with Gasteiger partial charge in [-0.15, -0.1) is 11.8 Å². The van der Waals surface area contributed by atoms with Gasteiger partial charge in [0.05, 0.1) is 28.5 Å². The lowest BCUT2D eigenvalue weighted by molar-refractivity contribution is -0.123. The summed E-state index contributed by atoms with van der Waals surface area (Å²) in [7, 11) is 0. The first-order valence-corrected chi connectivity index (χ1v) is 14.4. The Morgan fingerprint density at radius 3 is 2.64 bits per heavy atom. The lowest BCUT2D eigenvalue weighted by Gasteiger charge is -2.25. The monoisotopic (exact) mass is 550 g/mol. The van der Waals surface area contributed by atoms with E-state index in [1.165, 1.54) is 12.1 Å². The van der Waals surface area contributed by atoms with Gasteiger partial charge in [0.25, 0.3) is 0 Å². The van der Waals surface area contributed by atoms with Crippen LogP contribution < -0.4 is 10.2 Å². The molecule has 2 aliphatic heterocycles. The smallest absolute Gasteiger partial charge is 0.240 e. The molecule has 1 N–H and O–H groups in total. The molecule has 5 rings (SSSR count). The van der Waals surface area contributed by atoms with Crippen molar-refractivity contribution in [3.63, 3.8) is 0 Å². The van der Waals surface area contributed by atoms with E-state index < -0.39 is 0 Å². The Morgan fingerprint density at radius 1 is 1.21 bits per heavy atom. The maximum Gasteiger partial charge on any atom is 0.240 e. The number of hydrogen-bond donors (Lipinski definition) is 1. The Balaban J connectivity index is 1.65. The number of ether oxygens (including phenoxy) is 1. The number of benzene rings is 2. The topological polar surface area (TPSA) is 76.5 Å². The van der Waals surface area contributed by atoms with Crippen LogP contribution in [0, 0.1) is 12.7 Å². The highest BCUT2D eigenvalue weighted by atomic mass is 32.2. The second kappa shape index (κ2) is 11.1. The number of thioether (sulfide) groups is 1. The number of hydrogen-bond acceptors (Lipinski definition) is 5. The molecule has 0 unspecified atom stereocenters. The van der Waals surface area contributed by atoms with E-state index in [0.29, 0.717) is 24.7 Å². The molecule has 2 aliphatic rings. The van der Waals surface area contributed by atoms with Crippen molar-refractivity contribution in [2.75, 3.05) is 30.3 Å². The molecule has 1 saturated heterocycles. The number of nitrogens with one attached hydrogen (secondary N) is 1. The minimum absolute atomic E-state index is 0.00263. The standard InChI is InChI=1S/C30H35FN4O3S/c1-19-7-5-8-20(15-19)27-26-28(30(2,3)4)33-35(22-12-10-21(31)11-13-22)29(26)34(25(37)18-39-27)17-24(36)32-16-23-9-6-14-38-23/h5,7-8,10-13,15,23,27H,6,9,14,16-18H2,1-4H3,(H,32,36)/t23-,27+/m0/s1. The van der Waals surface area contributed by atoms with Crippen LogP contribution >= 0.6 is 11.8 Å². The zero-order valence-electron chi connectivity index (χ0n) is 22.9. The molecule has 3 heterocycles. The van der Waals surface area contributed by atoms with Crippen molar-refractivity contribution in [1.82, 2.24) is 15.1 Å². The normalized spacial score (nSPS) is 19.6. The summed E-state index contributed by atoms with van der Waals surface area (Å²) in [5.74, 6) is -0.0254. The van der Waals surface area contributed by atoms with E-state index in [1.54, 1.807) is 33.5 Å². The third-order valence-corrected chi connectivity index (χ3v) is 8.32. The average Bonchev–Trinajstić information content (AvgIpc) is 3.52. The molecule has 9 heteroatoms. The van der Waals surface area contributed by atoms with Gasteiger partial charge in [0, 0.05) is 24.1 Å². The van der Waals surface area contributed by atoms with Gasteiger partial charge in [-0.2, -0.15) is 5.10 Å². The van der Waals surface area contributed by atoms with E-state index in [2.05, 4.69) is 38.2 Å². The fourth-order valence-electron chi connectivity index (χ4n) is 5.16. The Hall–Kier alpha value is -3.17. The van der Waals surface area contributed by atoms with Crippen LogP contribution in [0.1, 0.15) is 61.2 Å². The lowest BCUT2D eigenvalue weighted by atomic mass is 9.87. The van der Waals surface area contributed by atoms with Crippen LogP contribution in [0.2, 0.25) is 0 Å². The molecule has 0 aliphatic carbocycles. The maximum atomic E-state index is 13.9. The van der Waals surface area contributed by atoms with E-state index in [-0.39, 0.29) is 46.7 Å². The molecule has 2 amide bonds. The molecular weight excluding hydrogens is 515 g/mol. The summed E-state index contributed by atoms with van der Waals surface area (Å²) in [6.45, 7) is 9.30. The van der Waals surface area contributed by atoms with Gasteiger partial charge in [-0.3, -0.25) is 14.5 Å². The number of rotatable bonds is 6. The van der Waals surface area contributed by atoms with Crippen LogP contribution in [0.4, 0.5) is 10.2 Å². The van der Waals surface area contributed by atoms with Crippen LogP contribution in [0.3, 0.4) is 0 Å². The molecule has 1 aromatic heterocycles. The highest BCUT2D eigenvalue weighted by molar-refractivity contribution is 8.00. The van der Waals surface area contributed by atoms with Crippen LogP contribution in [0.15, 0.2) is 48.5 Å². The molecule has 1 fully saturated rings. The average molecular weight is 551 g/mol. The van der Waals surface area contributed by atoms with E-state index in [0.717, 1.165) is 35.2 Å². The third-order valence-electron chi connectivity index (χ3n) is 7.07. The molecule has 2 aromatic carbocycles. The minimum atomic E-state index is -0.362. The van der Waals surface area contributed by atoms with Crippen molar-refractivity contribution < 1.29 is 18.7 Å². The second-order valence-electron chi connectivity index (χ2n) is 11.2. The predicted molar refractivity (Wildman–Crippen MR) is 152 cm³/mol. The fourth-order valence-corrected chi connectivity index (χ4v) is 6.35. The number of halogens is 1. The van der Waals surface area contributed by atoms with Crippen molar-refractivity contribution in [2.24, 2.45) is 0 Å². The first-order chi connectivity index (χ1) is 18.6. The fraction of sp³-hybridized carbons (Fsp3) is 0.433. The van der Waals surface area contributed by atoms with Gasteiger partial charge in [0.1, 0.15) is 18.2 Å². The van der Waals surface area contributed by atoms with E-state index in [1.807, 2.05) is 19.1 Å². The number of amides is 2. The van der Waals surface area contributed by atoms with Gasteiger partial charge in [0.2, 0.25) is 11.8 Å². The van der Waals surface area contributed by atoms with Crippen molar-refractivity contribution in [3.8, 4) is 5.69 Å². The molecule has 0 bridgehead atoms. The number of carbonyl (C=O) groups is 2. The number of nitrogens with zero attached hydrogens (tertiary/aromatic N) is 3. The molecule has 0 radical (unpaired) electrons. The van der Waals surface area contributed by atoms with Crippen molar-refractivity contribution in [2.45, 2.75) is 57.3 Å². The van der Waals surface area contributed by atoms with E-state index in [4.69, 9.17) is 9.84 Å². The first kappa shape index (κ1) is 27.4. The van der Waals surface area contributed by atoms with Crippen LogP contribution in [-0.2, 0) is 19.7 Å². The Labute approximate surface area is 233 Å². The molecule has 206 valence electrons. The summed E-state index contributed by atoms with van der Waals surface area (Å²) in [6.07, 6.45) is 1.90. The minimum Gasteiger partial charge on any atom is -0.376 e. The Bertz CT molecular complexity index is 1360. The molecule has 3 aromatic rings. The summed E-state index contributed by atoms with van der Waals surface area (Å²) >= 11 is 1.55. The number of aryl methyl sites for hydroxylation is 1. The van der Waals surface area contributed by atoms with Gasteiger partial charge in [-0.05, 0) is 49.6 Å². The van der Waals surface area contributed by atoms with Gasteiger partial charge in [0.15, 0.2) is 0 Å². The van der Waals surface area contributed by atoms with Crippen LogP contribution in [0.25, 0.3) is 5.69 Å². The molecule has 7 nitrogen and oxygen atoms in total. The summed E-state index contributed by atoms with van der Waals surface area (Å²) in [4.78, 5) is 28.4. The summed E-state index contributed by atoms with van der Waals surface area (Å²) in [5.41, 5.74) is 4.19. The second-order valence-corrected chi connectivity index (χ2v) is 12.3. The maximum absolute atomic E-state index is 13.9. The first-order valence-electron chi connectivity index (χ1n) is 13.4. The zero-order valence-corrected chi connectivity index (χ0v) is 23.7. The number of fused-ring (bicyclic) bond motifs is 1. The number of anilines is 1. The largest absolute Gasteiger partial charge is 0.376 e. The zero-order chi connectivity index (χ0) is 27.7. The van der Waals surface area contributed by atoms with Gasteiger partial charge in [-0.1, -0.05) is 50.6 Å². The predicted octanol–water partition coefficient (Wildman–Crippen LogP) is 5.08. The quantitative estimate of drug-likeness (QED) is 0.463.